The van der Waals surface area contributed by atoms with Gasteiger partial charge in [-0.3, -0.25) is 0 Å². The van der Waals surface area contributed by atoms with Crippen LogP contribution in [-0.2, 0) is 6.18 Å². The molecular formula is C15H12F5N. The Bertz CT molecular complexity index is 636. The Hall–Kier alpha value is -1.95. The summed E-state index contributed by atoms with van der Waals surface area (Å²) in [6, 6.07) is 6.65. The van der Waals surface area contributed by atoms with Gasteiger partial charge in [-0.2, -0.15) is 13.2 Å². The van der Waals surface area contributed by atoms with Crippen LogP contribution in [0.3, 0.4) is 0 Å². The quantitative estimate of drug-likeness (QED) is 0.834. The maximum atomic E-state index is 13.9. The van der Waals surface area contributed by atoms with Crippen LogP contribution in [0.15, 0.2) is 42.5 Å². The van der Waals surface area contributed by atoms with Crippen molar-refractivity contribution in [2.45, 2.75) is 12.2 Å². The summed E-state index contributed by atoms with van der Waals surface area (Å²) in [6.45, 7) is 0. The first kappa shape index (κ1) is 15.4. The fourth-order valence-corrected chi connectivity index (χ4v) is 2.13. The first-order chi connectivity index (χ1) is 9.84. The minimum absolute atomic E-state index is 0.0817. The third kappa shape index (κ3) is 3.21. The molecule has 1 nitrogen and oxygen atoms in total. The highest BCUT2D eigenvalue weighted by Crippen LogP contribution is 2.33. The summed E-state index contributed by atoms with van der Waals surface area (Å²) >= 11 is 0. The van der Waals surface area contributed by atoms with E-state index < -0.39 is 29.4 Å². The average molecular weight is 301 g/mol. The molecule has 1 unspecified atom stereocenters. The summed E-state index contributed by atoms with van der Waals surface area (Å²) in [5, 5.41) is 2.65. The summed E-state index contributed by atoms with van der Waals surface area (Å²) < 4.78 is 65.9. The van der Waals surface area contributed by atoms with Gasteiger partial charge in [-0.1, -0.05) is 18.2 Å². The molecule has 0 saturated heterocycles. The summed E-state index contributed by atoms with van der Waals surface area (Å²) in [6.07, 6.45) is -4.59. The van der Waals surface area contributed by atoms with Crippen molar-refractivity contribution < 1.29 is 22.0 Å². The smallest absolute Gasteiger partial charge is 0.309 e. The summed E-state index contributed by atoms with van der Waals surface area (Å²) in [4.78, 5) is 0. The fourth-order valence-electron chi connectivity index (χ4n) is 2.13. The molecule has 0 fully saturated rings. The van der Waals surface area contributed by atoms with Crippen molar-refractivity contribution in [1.82, 2.24) is 5.32 Å². The molecule has 6 heteroatoms. The standard InChI is InChI=1S/C15H12F5N/c1-21-14(10-4-2-3-5-12(10)16)11-8-9(15(18,19)20)6-7-13(11)17/h2-8,14,21H,1H3. The number of alkyl halides is 3. The van der Waals surface area contributed by atoms with Gasteiger partial charge in [0.05, 0.1) is 11.6 Å². The highest BCUT2D eigenvalue weighted by Gasteiger charge is 2.32. The fraction of sp³-hybridized carbons (Fsp3) is 0.200. The van der Waals surface area contributed by atoms with E-state index in [9.17, 15) is 22.0 Å². The molecule has 0 amide bonds. The first-order valence-electron chi connectivity index (χ1n) is 6.13. The maximum absolute atomic E-state index is 13.9. The van der Waals surface area contributed by atoms with Crippen molar-refractivity contribution in [3.63, 3.8) is 0 Å². The molecule has 0 bridgehead atoms. The van der Waals surface area contributed by atoms with Crippen molar-refractivity contribution in [3.8, 4) is 0 Å². The van der Waals surface area contributed by atoms with Crippen LogP contribution in [0.25, 0.3) is 0 Å². The topological polar surface area (TPSA) is 12.0 Å². The monoisotopic (exact) mass is 301 g/mol. The van der Waals surface area contributed by atoms with Gasteiger partial charge in [0.25, 0.3) is 0 Å². The Labute approximate surface area is 118 Å². The number of halogens is 5. The zero-order valence-corrected chi connectivity index (χ0v) is 11.0. The predicted octanol–water partition coefficient (Wildman–Crippen LogP) is 4.29. The van der Waals surface area contributed by atoms with Gasteiger partial charge in [0.1, 0.15) is 11.6 Å². The molecule has 21 heavy (non-hydrogen) atoms. The molecular weight excluding hydrogens is 289 g/mol. The third-order valence-electron chi connectivity index (χ3n) is 3.14. The number of nitrogens with one attached hydrogen (secondary N) is 1. The molecule has 0 aliphatic rings. The molecule has 2 rings (SSSR count). The average Bonchev–Trinajstić information content (AvgIpc) is 2.42. The molecule has 0 aliphatic carbocycles. The van der Waals surface area contributed by atoms with Gasteiger partial charge in [-0.25, -0.2) is 8.78 Å². The lowest BCUT2D eigenvalue weighted by Gasteiger charge is -2.20. The summed E-state index contributed by atoms with van der Waals surface area (Å²) in [7, 11) is 1.43. The highest BCUT2D eigenvalue weighted by atomic mass is 19.4. The van der Waals surface area contributed by atoms with E-state index in [0.29, 0.717) is 12.1 Å². The largest absolute Gasteiger partial charge is 0.416 e. The molecule has 1 N–H and O–H groups in total. The van der Waals surface area contributed by atoms with Crippen LogP contribution < -0.4 is 5.32 Å². The Morgan fingerprint density at radius 3 is 2.10 bits per heavy atom. The Kier molecular flexibility index (Phi) is 4.27. The van der Waals surface area contributed by atoms with Gasteiger partial charge in [0.15, 0.2) is 0 Å². The van der Waals surface area contributed by atoms with Crippen molar-refractivity contribution in [2.24, 2.45) is 0 Å². The Morgan fingerprint density at radius 2 is 1.52 bits per heavy atom. The highest BCUT2D eigenvalue weighted by molar-refractivity contribution is 5.36. The molecule has 2 aromatic rings. The predicted molar refractivity (Wildman–Crippen MR) is 68.7 cm³/mol. The molecule has 1 atom stereocenters. The van der Waals surface area contributed by atoms with Crippen LogP contribution in [-0.4, -0.2) is 7.05 Å². The Morgan fingerprint density at radius 1 is 0.905 bits per heavy atom. The van der Waals surface area contributed by atoms with E-state index >= 15 is 0 Å². The van der Waals surface area contributed by atoms with Crippen LogP contribution in [0.1, 0.15) is 22.7 Å². The van der Waals surface area contributed by atoms with E-state index in [4.69, 9.17) is 0 Å². The second-order valence-electron chi connectivity index (χ2n) is 4.48. The zero-order chi connectivity index (χ0) is 15.6. The molecule has 0 heterocycles. The molecule has 2 aromatic carbocycles. The Balaban J connectivity index is 2.55. The molecule has 112 valence electrons. The minimum atomic E-state index is -4.59. The van der Waals surface area contributed by atoms with Crippen LogP contribution in [0.5, 0.6) is 0 Å². The second kappa shape index (κ2) is 5.81. The van der Waals surface area contributed by atoms with Crippen molar-refractivity contribution in [1.29, 1.82) is 0 Å². The molecule has 0 spiro atoms. The normalized spacial score (nSPS) is 13.2. The summed E-state index contributed by atoms with van der Waals surface area (Å²) in [5.41, 5.74) is -1.15. The molecule has 0 radical (unpaired) electrons. The lowest BCUT2D eigenvalue weighted by molar-refractivity contribution is -0.137. The van der Waals surface area contributed by atoms with Gasteiger partial charge >= 0.3 is 6.18 Å². The van der Waals surface area contributed by atoms with Crippen LogP contribution >= 0.6 is 0 Å². The van der Waals surface area contributed by atoms with E-state index in [1.807, 2.05) is 0 Å². The summed E-state index contributed by atoms with van der Waals surface area (Å²) in [5.74, 6) is -1.45. The van der Waals surface area contributed by atoms with Gasteiger partial charge < -0.3 is 5.32 Å². The number of hydrogen-bond donors (Lipinski definition) is 1. The number of benzene rings is 2. The second-order valence-corrected chi connectivity index (χ2v) is 4.48. The molecule has 0 aliphatic heterocycles. The van der Waals surface area contributed by atoms with E-state index in [1.165, 1.54) is 31.3 Å². The van der Waals surface area contributed by atoms with Gasteiger partial charge in [-0.05, 0) is 31.3 Å². The number of hydrogen-bond acceptors (Lipinski definition) is 1. The molecule has 0 saturated carbocycles. The van der Waals surface area contributed by atoms with Crippen LogP contribution in [0, 0.1) is 11.6 Å². The van der Waals surface area contributed by atoms with E-state index in [1.54, 1.807) is 0 Å². The van der Waals surface area contributed by atoms with Crippen LogP contribution in [0.2, 0.25) is 0 Å². The van der Waals surface area contributed by atoms with Gasteiger partial charge in [-0.15, -0.1) is 0 Å². The molecule has 0 aromatic heterocycles. The van der Waals surface area contributed by atoms with Gasteiger partial charge in [0.2, 0.25) is 0 Å². The maximum Gasteiger partial charge on any atom is 0.416 e. The third-order valence-corrected chi connectivity index (χ3v) is 3.14. The van der Waals surface area contributed by atoms with E-state index in [-0.39, 0.29) is 11.1 Å². The lowest BCUT2D eigenvalue weighted by atomic mass is 9.96. The van der Waals surface area contributed by atoms with Gasteiger partial charge in [0, 0.05) is 11.1 Å². The van der Waals surface area contributed by atoms with Crippen molar-refractivity contribution >= 4 is 0 Å². The van der Waals surface area contributed by atoms with E-state index in [0.717, 1.165) is 6.07 Å². The van der Waals surface area contributed by atoms with Crippen molar-refractivity contribution in [3.05, 3.63) is 70.8 Å². The number of rotatable bonds is 3. The van der Waals surface area contributed by atoms with Crippen molar-refractivity contribution in [2.75, 3.05) is 7.05 Å². The van der Waals surface area contributed by atoms with Crippen LogP contribution in [0.4, 0.5) is 22.0 Å². The minimum Gasteiger partial charge on any atom is -0.309 e. The van der Waals surface area contributed by atoms with E-state index in [2.05, 4.69) is 5.32 Å². The lowest BCUT2D eigenvalue weighted by Crippen LogP contribution is -2.21. The SMILES string of the molecule is CNC(c1ccccc1F)c1cc(C(F)(F)F)ccc1F. The first-order valence-corrected chi connectivity index (χ1v) is 6.13. The zero-order valence-electron chi connectivity index (χ0n) is 11.0.